The molecule has 0 aliphatic carbocycles. The van der Waals surface area contributed by atoms with Crippen LogP contribution in [-0.4, -0.2) is 43.0 Å². The number of hydrogen-bond acceptors (Lipinski definition) is 6. The molecule has 0 radical (unpaired) electrons. The number of nitrogens with one attached hydrogen (secondary N) is 1. The summed E-state index contributed by atoms with van der Waals surface area (Å²) in [4.78, 5) is 24.8. The van der Waals surface area contributed by atoms with E-state index in [0.717, 1.165) is 5.56 Å². The van der Waals surface area contributed by atoms with Gasteiger partial charge in [-0.15, -0.1) is 0 Å². The minimum absolute atomic E-state index is 0.124. The number of anilines is 1. The van der Waals surface area contributed by atoms with E-state index in [4.69, 9.17) is 4.74 Å². The van der Waals surface area contributed by atoms with Crippen molar-refractivity contribution in [1.29, 1.82) is 0 Å². The maximum absolute atomic E-state index is 12.5. The highest BCUT2D eigenvalue weighted by Crippen LogP contribution is 2.26. The molecule has 24 heavy (non-hydrogen) atoms. The number of nitro groups is 1. The van der Waals surface area contributed by atoms with Crippen LogP contribution in [0, 0.1) is 10.1 Å². The van der Waals surface area contributed by atoms with Gasteiger partial charge >= 0.3 is 0 Å². The molecule has 1 heterocycles. The Bertz CT molecular complexity index is 703. The van der Waals surface area contributed by atoms with Crippen LogP contribution in [0.2, 0.25) is 0 Å². The summed E-state index contributed by atoms with van der Waals surface area (Å²) in [6.45, 7) is 1.34. The zero-order valence-electron chi connectivity index (χ0n) is 13.5. The van der Waals surface area contributed by atoms with Crippen molar-refractivity contribution in [2.75, 3.05) is 32.6 Å². The molecule has 2 aromatic rings. The summed E-state index contributed by atoms with van der Waals surface area (Å²) in [7, 11) is 3.23. The largest absolute Gasteiger partial charge is 0.383 e. The number of carbonyl (C=O) groups is 1. The van der Waals surface area contributed by atoms with Crippen molar-refractivity contribution >= 4 is 28.6 Å². The van der Waals surface area contributed by atoms with Crippen LogP contribution in [-0.2, 0) is 11.3 Å². The monoisotopic (exact) mass is 349 g/mol. The lowest BCUT2D eigenvalue weighted by molar-refractivity contribution is -0.384. The van der Waals surface area contributed by atoms with Gasteiger partial charge in [-0.2, -0.15) is 11.3 Å². The molecule has 128 valence electrons. The molecule has 1 N–H and O–H groups in total. The summed E-state index contributed by atoms with van der Waals surface area (Å²) in [6.07, 6.45) is 0. The standard InChI is InChI=1S/C16H19N3O4S/c1-18(10-12-5-8-24-11-12)16(20)13-3-4-14(17-6-7-23-2)15(9-13)19(21)22/h3-5,8-9,11,17H,6-7,10H2,1-2H3. The molecule has 0 saturated heterocycles. The Morgan fingerprint density at radius 1 is 1.42 bits per heavy atom. The average Bonchev–Trinajstić information content (AvgIpc) is 3.07. The van der Waals surface area contributed by atoms with E-state index < -0.39 is 4.92 Å². The van der Waals surface area contributed by atoms with Crippen molar-refractivity contribution < 1.29 is 14.5 Å². The van der Waals surface area contributed by atoms with Crippen LogP contribution in [0.15, 0.2) is 35.0 Å². The van der Waals surface area contributed by atoms with Crippen LogP contribution in [0.3, 0.4) is 0 Å². The summed E-state index contributed by atoms with van der Waals surface area (Å²) in [5.41, 5.74) is 1.56. The van der Waals surface area contributed by atoms with Gasteiger partial charge in [0.05, 0.1) is 11.5 Å². The Hall–Kier alpha value is -2.45. The molecule has 0 spiro atoms. The van der Waals surface area contributed by atoms with Crippen LogP contribution in [0.1, 0.15) is 15.9 Å². The number of rotatable bonds is 8. The van der Waals surface area contributed by atoms with Gasteiger partial charge < -0.3 is 15.0 Å². The molecule has 1 aromatic carbocycles. The van der Waals surface area contributed by atoms with E-state index in [9.17, 15) is 14.9 Å². The first-order chi connectivity index (χ1) is 11.5. The third kappa shape index (κ3) is 4.53. The van der Waals surface area contributed by atoms with E-state index in [2.05, 4.69) is 5.32 Å². The molecule has 0 bridgehead atoms. The Morgan fingerprint density at radius 3 is 2.83 bits per heavy atom. The molecule has 0 saturated carbocycles. The maximum atomic E-state index is 12.5. The summed E-state index contributed by atoms with van der Waals surface area (Å²) < 4.78 is 4.91. The van der Waals surface area contributed by atoms with E-state index in [1.807, 2.05) is 16.8 Å². The summed E-state index contributed by atoms with van der Waals surface area (Å²) in [5, 5.41) is 18.1. The van der Waals surface area contributed by atoms with E-state index in [-0.39, 0.29) is 17.2 Å². The average molecular weight is 349 g/mol. The highest BCUT2D eigenvalue weighted by Gasteiger charge is 2.19. The number of amides is 1. The molecule has 7 nitrogen and oxygen atoms in total. The Labute approximate surface area is 144 Å². The SMILES string of the molecule is COCCNc1ccc(C(=O)N(C)Cc2ccsc2)cc1[N+](=O)[O-]. The second-order valence-electron chi connectivity index (χ2n) is 5.20. The van der Waals surface area contributed by atoms with Crippen molar-refractivity contribution in [3.05, 3.63) is 56.3 Å². The highest BCUT2D eigenvalue weighted by atomic mass is 32.1. The molecular formula is C16H19N3O4S. The highest BCUT2D eigenvalue weighted by molar-refractivity contribution is 7.07. The van der Waals surface area contributed by atoms with Gasteiger partial charge in [-0.05, 0) is 34.5 Å². The normalized spacial score (nSPS) is 10.4. The fourth-order valence-corrected chi connectivity index (χ4v) is 2.86. The van der Waals surface area contributed by atoms with Crippen LogP contribution in [0.5, 0.6) is 0 Å². The van der Waals surface area contributed by atoms with Crippen molar-refractivity contribution in [3.8, 4) is 0 Å². The molecular weight excluding hydrogens is 330 g/mol. The zero-order valence-corrected chi connectivity index (χ0v) is 14.3. The van der Waals surface area contributed by atoms with Gasteiger partial charge in [-0.1, -0.05) is 0 Å². The number of nitro benzene ring substituents is 1. The lowest BCUT2D eigenvalue weighted by Crippen LogP contribution is -2.26. The second-order valence-corrected chi connectivity index (χ2v) is 5.98. The number of benzene rings is 1. The topological polar surface area (TPSA) is 84.7 Å². The molecule has 0 aliphatic heterocycles. The number of ether oxygens (including phenoxy) is 1. The van der Waals surface area contributed by atoms with Gasteiger partial charge in [0.1, 0.15) is 5.69 Å². The molecule has 0 atom stereocenters. The van der Waals surface area contributed by atoms with Crippen molar-refractivity contribution in [2.24, 2.45) is 0 Å². The molecule has 1 aromatic heterocycles. The van der Waals surface area contributed by atoms with Gasteiger partial charge in [-0.25, -0.2) is 0 Å². The fraction of sp³-hybridized carbons (Fsp3) is 0.312. The smallest absolute Gasteiger partial charge is 0.293 e. The third-order valence-electron chi connectivity index (χ3n) is 3.41. The van der Waals surface area contributed by atoms with E-state index in [1.54, 1.807) is 42.5 Å². The van der Waals surface area contributed by atoms with Crippen molar-refractivity contribution in [2.45, 2.75) is 6.54 Å². The van der Waals surface area contributed by atoms with E-state index >= 15 is 0 Å². The molecule has 0 aliphatic rings. The summed E-state index contributed by atoms with van der Waals surface area (Å²) in [6, 6.07) is 6.40. The zero-order chi connectivity index (χ0) is 17.5. The quantitative estimate of drug-likeness (QED) is 0.450. The second kappa shape index (κ2) is 8.42. The lowest BCUT2D eigenvalue weighted by Gasteiger charge is -2.17. The number of thiophene rings is 1. The number of nitrogens with zero attached hydrogens (tertiary/aromatic N) is 2. The number of carbonyl (C=O) groups excluding carboxylic acids is 1. The van der Waals surface area contributed by atoms with Gasteiger partial charge in [0.2, 0.25) is 0 Å². The first-order valence-corrected chi connectivity index (χ1v) is 8.25. The fourth-order valence-electron chi connectivity index (χ4n) is 2.20. The van der Waals surface area contributed by atoms with Crippen molar-refractivity contribution in [3.63, 3.8) is 0 Å². The first-order valence-electron chi connectivity index (χ1n) is 7.30. The van der Waals surface area contributed by atoms with Crippen LogP contribution < -0.4 is 5.32 Å². The van der Waals surface area contributed by atoms with Crippen LogP contribution >= 0.6 is 11.3 Å². The molecule has 1 amide bonds. The number of methoxy groups -OCH3 is 1. The van der Waals surface area contributed by atoms with Gasteiger partial charge in [-0.3, -0.25) is 14.9 Å². The van der Waals surface area contributed by atoms with Crippen molar-refractivity contribution in [1.82, 2.24) is 4.90 Å². The molecule has 2 rings (SSSR count). The predicted octanol–water partition coefficient (Wildman–Crippen LogP) is 2.99. The third-order valence-corrected chi connectivity index (χ3v) is 4.14. The molecule has 8 heteroatoms. The maximum Gasteiger partial charge on any atom is 0.293 e. The lowest BCUT2D eigenvalue weighted by atomic mass is 10.1. The van der Waals surface area contributed by atoms with Gasteiger partial charge in [0, 0.05) is 38.9 Å². The van der Waals surface area contributed by atoms with Gasteiger partial charge in [0.15, 0.2) is 0 Å². The van der Waals surface area contributed by atoms with E-state index in [1.165, 1.54) is 6.07 Å². The minimum Gasteiger partial charge on any atom is -0.383 e. The van der Waals surface area contributed by atoms with Crippen LogP contribution in [0.25, 0.3) is 0 Å². The number of hydrogen-bond donors (Lipinski definition) is 1. The predicted molar refractivity (Wildman–Crippen MR) is 93.6 cm³/mol. The van der Waals surface area contributed by atoms with E-state index in [0.29, 0.717) is 25.4 Å². The van der Waals surface area contributed by atoms with Gasteiger partial charge in [0.25, 0.3) is 11.6 Å². The first kappa shape index (κ1) is 17.9. The Balaban J connectivity index is 2.15. The molecule has 0 fully saturated rings. The Kier molecular flexibility index (Phi) is 6.28. The summed E-state index contributed by atoms with van der Waals surface area (Å²) in [5.74, 6) is -0.257. The molecule has 0 unspecified atom stereocenters. The summed E-state index contributed by atoms with van der Waals surface area (Å²) >= 11 is 1.56. The minimum atomic E-state index is -0.495. The van der Waals surface area contributed by atoms with Crippen LogP contribution in [0.4, 0.5) is 11.4 Å². The Morgan fingerprint density at radius 2 is 2.21 bits per heavy atom.